The molecular weight excluding hydrogens is 106 g/mol. The average molecular weight is 109 g/mol. The Hall–Kier alpha value is -0.580. The van der Waals surface area contributed by atoms with Gasteiger partial charge in [-0.05, 0) is 0 Å². The van der Waals surface area contributed by atoms with Crippen molar-refractivity contribution in [1.82, 2.24) is 0 Å². The van der Waals surface area contributed by atoms with Crippen LogP contribution in [0.25, 0.3) is 0 Å². The standard InChI is InChI=1S/CH3NO3S/c3-2-1-6(4)5/h1,3,6H. The number of thiol groups is 1. The smallest absolute Gasteiger partial charge is 0.181 e. The van der Waals surface area contributed by atoms with Crippen molar-refractivity contribution in [2.45, 2.75) is 0 Å². The highest BCUT2D eigenvalue weighted by atomic mass is 32.2. The Balaban J connectivity index is 3.62. The topological polar surface area (TPSA) is 66.7 Å². The molecule has 4 nitrogen and oxygen atoms in total. The monoisotopic (exact) mass is 109 g/mol. The molecule has 0 aromatic carbocycles. The first-order valence-corrected chi connectivity index (χ1v) is 2.33. The Labute approximate surface area is 36.0 Å². The molecule has 0 fully saturated rings. The summed E-state index contributed by atoms with van der Waals surface area (Å²) in [6.45, 7) is 0. The van der Waals surface area contributed by atoms with Crippen molar-refractivity contribution >= 4 is 16.3 Å². The Morgan fingerprint density at radius 1 is 1.67 bits per heavy atom. The predicted molar refractivity (Wildman–Crippen MR) is 20.6 cm³/mol. The zero-order valence-corrected chi connectivity index (χ0v) is 3.63. The lowest BCUT2D eigenvalue weighted by molar-refractivity contribution is 0.322. The van der Waals surface area contributed by atoms with Gasteiger partial charge in [0, 0.05) is 0 Å². The molecule has 0 spiro atoms. The molecule has 0 aliphatic heterocycles. The number of nitrogens with zero attached hydrogens (tertiary/aromatic N) is 1. The second-order valence-corrected chi connectivity index (χ2v) is 1.32. The van der Waals surface area contributed by atoms with E-state index in [0.717, 1.165) is 0 Å². The molecule has 1 N–H and O–H groups in total. The molecule has 36 valence electrons. The molecule has 0 bridgehead atoms. The average Bonchev–Trinajstić information content (AvgIpc) is 1.35. The summed E-state index contributed by atoms with van der Waals surface area (Å²) in [6, 6.07) is 0. The Morgan fingerprint density at radius 2 is 2.17 bits per heavy atom. The molecule has 0 heterocycles. The summed E-state index contributed by atoms with van der Waals surface area (Å²) in [5.74, 6) is 0. The highest BCUT2D eigenvalue weighted by Crippen LogP contribution is 1.48. The normalized spacial score (nSPS) is 10.8. The number of oxime groups is 1. The maximum atomic E-state index is 9.33. The SMILES string of the molecule is O=[SH](=O)C=NO. The summed E-state index contributed by atoms with van der Waals surface area (Å²) >= 11 is 0. The number of rotatable bonds is 1. The van der Waals surface area contributed by atoms with E-state index in [0.29, 0.717) is 5.55 Å². The lowest BCUT2D eigenvalue weighted by Gasteiger charge is -1.58. The molecule has 0 atom stereocenters. The van der Waals surface area contributed by atoms with Crippen molar-refractivity contribution in [3.63, 3.8) is 0 Å². The second kappa shape index (κ2) is 2.65. The molecule has 0 aliphatic rings. The van der Waals surface area contributed by atoms with Gasteiger partial charge in [-0.15, -0.1) is 0 Å². The van der Waals surface area contributed by atoms with E-state index < -0.39 is 10.7 Å². The van der Waals surface area contributed by atoms with Gasteiger partial charge in [-0.3, -0.25) is 0 Å². The van der Waals surface area contributed by atoms with Gasteiger partial charge in [-0.25, -0.2) is 8.42 Å². The van der Waals surface area contributed by atoms with E-state index in [1.54, 1.807) is 0 Å². The minimum Gasteiger partial charge on any atom is -0.410 e. The van der Waals surface area contributed by atoms with Crippen LogP contribution in [0.5, 0.6) is 0 Å². The van der Waals surface area contributed by atoms with Crippen LogP contribution in [0.1, 0.15) is 0 Å². The summed E-state index contributed by atoms with van der Waals surface area (Å²) in [7, 11) is -2.64. The van der Waals surface area contributed by atoms with Crippen LogP contribution in [0, 0.1) is 0 Å². The van der Waals surface area contributed by atoms with Gasteiger partial charge in [-0.1, -0.05) is 5.16 Å². The van der Waals surface area contributed by atoms with Crippen LogP contribution in [-0.4, -0.2) is 19.2 Å². The van der Waals surface area contributed by atoms with Gasteiger partial charge in [0.1, 0.15) is 0 Å². The lowest BCUT2D eigenvalue weighted by Crippen LogP contribution is -1.71. The largest absolute Gasteiger partial charge is 0.410 e. The first-order chi connectivity index (χ1) is 2.77. The van der Waals surface area contributed by atoms with Crippen molar-refractivity contribution in [2.75, 3.05) is 0 Å². The van der Waals surface area contributed by atoms with Crippen LogP contribution in [-0.2, 0) is 10.7 Å². The van der Waals surface area contributed by atoms with Crippen LogP contribution in [0.3, 0.4) is 0 Å². The molecule has 0 aromatic heterocycles. The fraction of sp³-hybridized carbons (Fsp3) is 0. The van der Waals surface area contributed by atoms with Crippen molar-refractivity contribution in [2.24, 2.45) is 5.16 Å². The Bertz CT molecular complexity index is 106. The summed E-state index contributed by atoms with van der Waals surface area (Å²) in [5, 5.41) is 9.64. The summed E-state index contributed by atoms with van der Waals surface area (Å²) in [5.41, 5.74) is 0.426. The van der Waals surface area contributed by atoms with Crippen molar-refractivity contribution in [3.8, 4) is 0 Å². The third kappa shape index (κ3) is 3.42. The fourth-order valence-corrected chi connectivity index (χ4v) is 0.126. The predicted octanol–water partition coefficient (Wildman–Crippen LogP) is -0.985. The van der Waals surface area contributed by atoms with Gasteiger partial charge in [0.05, 0.1) is 0 Å². The lowest BCUT2D eigenvalue weighted by atomic mass is 11.7. The van der Waals surface area contributed by atoms with Crippen molar-refractivity contribution in [3.05, 3.63) is 0 Å². The number of hydrogen-bond donors (Lipinski definition) is 2. The van der Waals surface area contributed by atoms with Crippen molar-refractivity contribution < 1.29 is 13.6 Å². The number of hydrogen-bond acceptors (Lipinski definition) is 4. The minimum atomic E-state index is -2.64. The maximum Gasteiger partial charge on any atom is 0.181 e. The van der Waals surface area contributed by atoms with Gasteiger partial charge >= 0.3 is 0 Å². The summed E-state index contributed by atoms with van der Waals surface area (Å²) < 4.78 is 18.7. The first-order valence-electron chi connectivity index (χ1n) is 1.08. The molecule has 0 unspecified atom stereocenters. The van der Waals surface area contributed by atoms with E-state index in [9.17, 15) is 8.42 Å². The molecule has 0 saturated heterocycles. The van der Waals surface area contributed by atoms with E-state index in [2.05, 4.69) is 5.16 Å². The first kappa shape index (κ1) is 5.42. The van der Waals surface area contributed by atoms with Gasteiger partial charge in [0.25, 0.3) is 0 Å². The fourth-order valence-electron chi connectivity index (χ4n) is 0.0422. The summed E-state index contributed by atoms with van der Waals surface area (Å²) in [4.78, 5) is 0. The van der Waals surface area contributed by atoms with E-state index in [4.69, 9.17) is 5.21 Å². The molecule has 0 rings (SSSR count). The second-order valence-electron chi connectivity index (χ2n) is 0.516. The molecule has 0 amide bonds. The minimum absolute atomic E-state index is 0.426. The van der Waals surface area contributed by atoms with E-state index in [-0.39, 0.29) is 0 Å². The summed E-state index contributed by atoms with van der Waals surface area (Å²) in [6.07, 6.45) is 0. The third-order valence-electron chi connectivity index (χ3n) is 0.146. The highest BCUT2D eigenvalue weighted by molar-refractivity contribution is 7.87. The van der Waals surface area contributed by atoms with Gasteiger partial charge < -0.3 is 5.21 Å². The zero-order chi connectivity index (χ0) is 4.99. The molecule has 0 aliphatic carbocycles. The quantitative estimate of drug-likeness (QED) is 0.149. The molecule has 0 radical (unpaired) electrons. The van der Waals surface area contributed by atoms with Gasteiger partial charge in [0.2, 0.25) is 0 Å². The van der Waals surface area contributed by atoms with E-state index in [1.165, 1.54) is 0 Å². The van der Waals surface area contributed by atoms with E-state index >= 15 is 0 Å². The van der Waals surface area contributed by atoms with Crippen LogP contribution in [0.2, 0.25) is 0 Å². The third-order valence-corrected chi connectivity index (χ3v) is 0.438. The Morgan fingerprint density at radius 3 is 2.17 bits per heavy atom. The van der Waals surface area contributed by atoms with E-state index in [1.807, 2.05) is 0 Å². The van der Waals surface area contributed by atoms with Gasteiger partial charge in [-0.2, -0.15) is 0 Å². The molecular formula is CH3NO3S. The van der Waals surface area contributed by atoms with Crippen LogP contribution < -0.4 is 0 Å². The zero-order valence-electron chi connectivity index (χ0n) is 2.74. The van der Waals surface area contributed by atoms with Crippen LogP contribution in [0.15, 0.2) is 5.16 Å². The molecule has 0 saturated carbocycles. The molecule has 0 aromatic rings. The highest BCUT2D eigenvalue weighted by Gasteiger charge is 1.64. The maximum absolute atomic E-state index is 9.33. The van der Waals surface area contributed by atoms with Crippen LogP contribution in [0.4, 0.5) is 0 Å². The molecule has 5 heteroatoms. The molecule has 6 heavy (non-hydrogen) atoms. The van der Waals surface area contributed by atoms with Crippen molar-refractivity contribution in [1.29, 1.82) is 0 Å². The van der Waals surface area contributed by atoms with Gasteiger partial charge in [0.15, 0.2) is 16.3 Å². The Kier molecular flexibility index (Phi) is 2.39. The van der Waals surface area contributed by atoms with Crippen LogP contribution >= 0.6 is 0 Å².